The van der Waals surface area contributed by atoms with E-state index in [1.165, 1.54) is 25.0 Å². The average molecular weight is 322 g/mol. The standard InChI is InChI=1S/C16H23FN4O2/c1-18-6-4-13(5-7-18)19-8-10-20(11-9-19)16-3-2-14(21(22)23)12-15(16)17/h2-3,12-13H,4-11H2,1H3. The van der Waals surface area contributed by atoms with Gasteiger partial charge in [-0.05, 0) is 39.0 Å². The first-order chi connectivity index (χ1) is 11.0. The normalized spacial score (nSPS) is 21.6. The molecule has 0 amide bonds. The van der Waals surface area contributed by atoms with Gasteiger partial charge in [0.1, 0.15) is 0 Å². The Hall–Kier alpha value is -1.73. The molecule has 0 atom stereocenters. The fraction of sp³-hybridized carbons (Fsp3) is 0.625. The number of hydrogen-bond acceptors (Lipinski definition) is 5. The summed E-state index contributed by atoms with van der Waals surface area (Å²) in [5, 5.41) is 10.7. The van der Waals surface area contributed by atoms with Crippen molar-refractivity contribution in [3.63, 3.8) is 0 Å². The van der Waals surface area contributed by atoms with Crippen molar-refractivity contribution in [3.8, 4) is 0 Å². The van der Waals surface area contributed by atoms with Gasteiger partial charge in [0, 0.05) is 38.3 Å². The van der Waals surface area contributed by atoms with Gasteiger partial charge in [0.25, 0.3) is 5.69 Å². The highest BCUT2D eigenvalue weighted by Gasteiger charge is 2.27. The summed E-state index contributed by atoms with van der Waals surface area (Å²) in [5.74, 6) is -0.507. The van der Waals surface area contributed by atoms with Crippen LogP contribution in [0.25, 0.3) is 0 Å². The molecule has 0 spiro atoms. The molecule has 1 aromatic rings. The second kappa shape index (κ2) is 6.80. The van der Waals surface area contributed by atoms with Crippen LogP contribution in [0.15, 0.2) is 18.2 Å². The number of likely N-dealkylation sites (tertiary alicyclic amines) is 1. The number of nitro benzene ring substituents is 1. The van der Waals surface area contributed by atoms with Crippen LogP contribution in [0.1, 0.15) is 12.8 Å². The Bertz CT molecular complexity index is 567. The highest BCUT2D eigenvalue weighted by Crippen LogP contribution is 2.26. The lowest BCUT2D eigenvalue weighted by molar-refractivity contribution is -0.385. The molecule has 0 unspecified atom stereocenters. The van der Waals surface area contributed by atoms with Crippen molar-refractivity contribution in [2.75, 3.05) is 51.2 Å². The van der Waals surface area contributed by atoms with E-state index in [-0.39, 0.29) is 5.69 Å². The lowest BCUT2D eigenvalue weighted by Gasteiger charge is -2.42. The molecule has 0 saturated carbocycles. The number of non-ortho nitro benzene ring substituents is 1. The monoisotopic (exact) mass is 322 g/mol. The Morgan fingerprint density at radius 1 is 1.13 bits per heavy atom. The van der Waals surface area contributed by atoms with E-state index in [9.17, 15) is 14.5 Å². The predicted octanol–water partition coefficient (Wildman–Crippen LogP) is 1.95. The van der Waals surface area contributed by atoms with E-state index in [1.807, 2.05) is 4.90 Å². The maximum atomic E-state index is 14.1. The summed E-state index contributed by atoms with van der Waals surface area (Å²) in [4.78, 5) is 17.0. The Labute approximate surface area is 135 Å². The van der Waals surface area contributed by atoms with E-state index < -0.39 is 10.7 Å². The number of rotatable bonds is 3. The molecule has 2 aliphatic heterocycles. The van der Waals surface area contributed by atoms with Crippen LogP contribution in [0.3, 0.4) is 0 Å². The van der Waals surface area contributed by atoms with Crippen LogP contribution in [-0.4, -0.2) is 67.1 Å². The molecular weight excluding hydrogens is 299 g/mol. The zero-order chi connectivity index (χ0) is 16.4. The van der Waals surface area contributed by atoms with Crippen LogP contribution < -0.4 is 4.90 Å². The van der Waals surface area contributed by atoms with Crippen LogP contribution in [0.5, 0.6) is 0 Å². The van der Waals surface area contributed by atoms with E-state index in [1.54, 1.807) is 0 Å². The minimum Gasteiger partial charge on any atom is -0.367 e. The van der Waals surface area contributed by atoms with Crippen LogP contribution in [-0.2, 0) is 0 Å². The van der Waals surface area contributed by atoms with Gasteiger partial charge in [0.2, 0.25) is 0 Å². The molecular formula is C16H23FN4O2. The first-order valence-corrected chi connectivity index (χ1v) is 8.16. The molecule has 2 heterocycles. The first-order valence-electron chi connectivity index (χ1n) is 8.16. The molecule has 0 radical (unpaired) electrons. The SMILES string of the molecule is CN1CCC(N2CCN(c3ccc([N+](=O)[O-])cc3F)CC2)CC1. The molecule has 126 valence electrons. The third-order valence-corrected chi connectivity index (χ3v) is 5.00. The second-order valence-corrected chi connectivity index (χ2v) is 6.45. The molecule has 6 nitrogen and oxygen atoms in total. The quantitative estimate of drug-likeness (QED) is 0.629. The van der Waals surface area contributed by atoms with E-state index in [0.717, 1.165) is 45.3 Å². The average Bonchev–Trinajstić information content (AvgIpc) is 2.56. The van der Waals surface area contributed by atoms with Crippen LogP contribution in [0.2, 0.25) is 0 Å². The van der Waals surface area contributed by atoms with E-state index >= 15 is 0 Å². The van der Waals surface area contributed by atoms with Gasteiger partial charge in [0.05, 0.1) is 16.7 Å². The number of piperidine rings is 1. The van der Waals surface area contributed by atoms with E-state index in [2.05, 4.69) is 16.8 Å². The smallest absolute Gasteiger partial charge is 0.272 e. The number of halogens is 1. The molecule has 23 heavy (non-hydrogen) atoms. The highest BCUT2D eigenvalue weighted by molar-refractivity contribution is 5.52. The number of anilines is 1. The summed E-state index contributed by atoms with van der Waals surface area (Å²) >= 11 is 0. The van der Waals surface area contributed by atoms with Gasteiger partial charge in [-0.2, -0.15) is 0 Å². The molecule has 0 aromatic heterocycles. The molecule has 2 fully saturated rings. The van der Waals surface area contributed by atoms with Crippen molar-refractivity contribution in [3.05, 3.63) is 34.1 Å². The molecule has 7 heteroatoms. The van der Waals surface area contributed by atoms with Crippen LogP contribution in [0, 0.1) is 15.9 Å². The van der Waals surface area contributed by atoms with Crippen molar-refractivity contribution in [1.29, 1.82) is 0 Å². The van der Waals surface area contributed by atoms with E-state index in [4.69, 9.17) is 0 Å². The van der Waals surface area contributed by atoms with Crippen LogP contribution >= 0.6 is 0 Å². The fourth-order valence-electron chi connectivity index (χ4n) is 3.55. The third-order valence-electron chi connectivity index (χ3n) is 5.00. The lowest BCUT2D eigenvalue weighted by atomic mass is 10.0. The summed E-state index contributed by atoms with van der Waals surface area (Å²) in [5.41, 5.74) is 0.273. The summed E-state index contributed by atoms with van der Waals surface area (Å²) in [6, 6.07) is 4.55. The molecule has 0 N–H and O–H groups in total. The van der Waals surface area contributed by atoms with Gasteiger partial charge in [-0.3, -0.25) is 15.0 Å². The predicted molar refractivity (Wildman–Crippen MR) is 87.4 cm³/mol. The third kappa shape index (κ3) is 3.61. The van der Waals surface area contributed by atoms with Gasteiger partial charge in [0.15, 0.2) is 5.82 Å². The summed E-state index contributed by atoms with van der Waals surface area (Å²) in [6.45, 7) is 5.65. The largest absolute Gasteiger partial charge is 0.367 e. The molecule has 1 aromatic carbocycles. The Morgan fingerprint density at radius 3 is 2.35 bits per heavy atom. The highest BCUT2D eigenvalue weighted by atomic mass is 19.1. The topological polar surface area (TPSA) is 52.9 Å². The molecule has 2 aliphatic rings. The zero-order valence-corrected chi connectivity index (χ0v) is 13.4. The van der Waals surface area contributed by atoms with Crippen molar-refractivity contribution >= 4 is 11.4 Å². The molecule has 2 saturated heterocycles. The van der Waals surface area contributed by atoms with Crippen LogP contribution in [0.4, 0.5) is 15.8 Å². The Kier molecular flexibility index (Phi) is 4.77. The second-order valence-electron chi connectivity index (χ2n) is 6.45. The van der Waals surface area contributed by atoms with Crippen molar-refractivity contribution in [2.45, 2.75) is 18.9 Å². The number of nitrogens with zero attached hydrogens (tertiary/aromatic N) is 4. The maximum Gasteiger partial charge on any atom is 0.272 e. The molecule has 0 bridgehead atoms. The number of hydrogen-bond donors (Lipinski definition) is 0. The minimum absolute atomic E-state index is 0.198. The van der Waals surface area contributed by atoms with Gasteiger partial charge >= 0.3 is 0 Å². The first kappa shape index (κ1) is 16.1. The maximum absolute atomic E-state index is 14.1. The minimum atomic E-state index is -0.565. The number of piperazine rings is 1. The lowest BCUT2D eigenvalue weighted by Crippen LogP contribution is -2.53. The van der Waals surface area contributed by atoms with Gasteiger partial charge in [-0.1, -0.05) is 0 Å². The number of benzene rings is 1. The summed E-state index contributed by atoms with van der Waals surface area (Å²) < 4.78 is 14.1. The molecule has 0 aliphatic carbocycles. The number of nitro groups is 1. The van der Waals surface area contributed by atoms with Gasteiger partial charge < -0.3 is 9.80 Å². The fourth-order valence-corrected chi connectivity index (χ4v) is 3.55. The van der Waals surface area contributed by atoms with E-state index in [0.29, 0.717) is 11.7 Å². The van der Waals surface area contributed by atoms with Crippen molar-refractivity contribution < 1.29 is 9.31 Å². The summed E-state index contributed by atoms with van der Waals surface area (Å²) in [6.07, 6.45) is 2.39. The Morgan fingerprint density at radius 2 is 1.78 bits per heavy atom. The molecule has 3 rings (SSSR count). The zero-order valence-electron chi connectivity index (χ0n) is 13.4. The Balaban J connectivity index is 1.59. The van der Waals surface area contributed by atoms with Gasteiger partial charge in [-0.15, -0.1) is 0 Å². The van der Waals surface area contributed by atoms with Crippen molar-refractivity contribution in [2.24, 2.45) is 0 Å². The van der Waals surface area contributed by atoms with Gasteiger partial charge in [-0.25, -0.2) is 4.39 Å². The van der Waals surface area contributed by atoms with Crippen molar-refractivity contribution in [1.82, 2.24) is 9.80 Å². The summed E-state index contributed by atoms with van der Waals surface area (Å²) in [7, 11) is 2.16.